The molecule has 0 spiro atoms. The van der Waals surface area contributed by atoms with Gasteiger partial charge >= 0.3 is 6.03 Å². The van der Waals surface area contributed by atoms with Crippen LogP contribution in [0, 0.1) is 12.7 Å². The molecule has 0 saturated heterocycles. The summed E-state index contributed by atoms with van der Waals surface area (Å²) in [7, 11) is 0. The van der Waals surface area contributed by atoms with E-state index in [0.29, 0.717) is 16.9 Å². The van der Waals surface area contributed by atoms with Crippen LogP contribution in [0.3, 0.4) is 0 Å². The molecule has 5 heteroatoms. The van der Waals surface area contributed by atoms with E-state index in [1.165, 1.54) is 18.2 Å². The summed E-state index contributed by atoms with van der Waals surface area (Å²) in [6.07, 6.45) is 0. The first-order valence-electron chi connectivity index (χ1n) is 6.21. The molecular weight excluding hydrogens is 257 g/mol. The second-order valence-electron chi connectivity index (χ2n) is 4.46. The van der Waals surface area contributed by atoms with E-state index in [-0.39, 0.29) is 18.4 Å². The van der Waals surface area contributed by atoms with Crippen molar-refractivity contribution in [1.82, 2.24) is 0 Å². The summed E-state index contributed by atoms with van der Waals surface area (Å²) in [4.78, 5) is 11.8. The molecule has 0 fully saturated rings. The predicted octanol–water partition coefficient (Wildman–Crippen LogP) is 3.24. The normalized spacial score (nSPS) is 10.2. The third-order valence-corrected chi connectivity index (χ3v) is 2.80. The third kappa shape index (κ3) is 3.55. The maximum absolute atomic E-state index is 13.3. The van der Waals surface area contributed by atoms with E-state index < -0.39 is 0 Å². The number of aryl methyl sites for hydroxylation is 1. The van der Waals surface area contributed by atoms with Gasteiger partial charge in [-0.15, -0.1) is 0 Å². The number of urea groups is 1. The molecule has 0 aliphatic carbocycles. The summed E-state index contributed by atoms with van der Waals surface area (Å²) in [6, 6.07) is 11.4. The molecule has 2 rings (SSSR count). The zero-order valence-electron chi connectivity index (χ0n) is 11.1. The molecule has 0 bridgehead atoms. The molecule has 4 nitrogen and oxygen atoms in total. The van der Waals surface area contributed by atoms with E-state index in [2.05, 4.69) is 10.6 Å². The van der Waals surface area contributed by atoms with Crippen molar-refractivity contribution in [3.63, 3.8) is 0 Å². The van der Waals surface area contributed by atoms with Crippen LogP contribution in [0.25, 0.3) is 0 Å². The van der Waals surface area contributed by atoms with Gasteiger partial charge in [-0.05, 0) is 42.8 Å². The lowest BCUT2D eigenvalue weighted by molar-refractivity contribution is 0.262. The van der Waals surface area contributed by atoms with Crippen molar-refractivity contribution in [3.8, 4) is 0 Å². The molecule has 104 valence electrons. The average molecular weight is 273 g/mol. The predicted molar refractivity (Wildman–Crippen MR) is 78.1 cm³/mol. The molecule has 4 N–H and O–H groups in total. The van der Waals surface area contributed by atoms with Crippen molar-refractivity contribution in [3.05, 3.63) is 59.4 Å². The van der Waals surface area contributed by atoms with Gasteiger partial charge < -0.3 is 16.4 Å². The Balaban J connectivity index is 2.04. The van der Waals surface area contributed by atoms with Gasteiger partial charge in [-0.1, -0.05) is 12.1 Å². The third-order valence-electron chi connectivity index (χ3n) is 2.80. The minimum absolute atomic E-state index is 0.0842. The highest BCUT2D eigenvalue weighted by molar-refractivity contribution is 5.99. The van der Waals surface area contributed by atoms with Gasteiger partial charge in [-0.2, -0.15) is 0 Å². The first kappa shape index (κ1) is 14.0. The largest absolute Gasteiger partial charge is 0.326 e. The van der Waals surface area contributed by atoms with E-state index in [1.54, 1.807) is 6.07 Å². The Bertz CT molecular complexity index is 628. The van der Waals surface area contributed by atoms with Crippen LogP contribution in [0.15, 0.2) is 42.5 Å². The van der Waals surface area contributed by atoms with Gasteiger partial charge in [0.1, 0.15) is 5.82 Å². The van der Waals surface area contributed by atoms with Crippen LogP contribution in [-0.2, 0) is 6.54 Å². The lowest BCUT2D eigenvalue weighted by Gasteiger charge is -2.09. The average Bonchev–Trinajstić information content (AvgIpc) is 2.41. The molecular formula is C15H16FN3O. The molecule has 0 atom stereocenters. The van der Waals surface area contributed by atoms with Gasteiger partial charge in [0.15, 0.2) is 0 Å². The lowest BCUT2D eigenvalue weighted by Crippen LogP contribution is -2.19. The zero-order valence-corrected chi connectivity index (χ0v) is 11.1. The SMILES string of the molecule is Cc1cccc(NC(=O)Nc2ccc(F)c(CN)c2)c1. The van der Waals surface area contributed by atoms with Crippen LogP contribution in [0.2, 0.25) is 0 Å². The van der Waals surface area contributed by atoms with Crippen molar-refractivity contribution in [1.29, 1.82) is 0 Å². The number of carbonyl (C=O) groups is 1. The Labute approximate surface area is 116 Å². The van der Waals surface area contributed by atoms with Crippen LogP contribution >= 0.6 is 0 Å². The first-order chi connectivity index (χ1) is 9.58. The highest BCUT2D eigenvalue weighted by Gasteiger charge is 2.06. The van der Waals surface area contributed by atoms with Gasteiger partial charge in [0, 0.05) is 23.5 Å². The highest BCUT2D eigenvalue weighted by atomic mass is 19.1. The minimum Gasteiger partial charge on any atom is -0.326 e. The molecule has 0 heterocycles. The maximum atomic E-state index is 13.3. The van der Waals surface area contributed by atoms with Gasteiger partial charge in [-0.25, -0.2) is 9.18 Å². The second-order valence-corrected chi connectivity index (χ2v) is 4.46. The van der Waals surface area contributed by atoms with E-state index in [0.717, 1.165) is 5.56 Å². The van der Waals surface area contributed by atoms with E-state index >= 15 is 0 Å². The summed E-state index contributed by atoms with van der Waals surface area (Å²) in [6.45, 7) is 2.03. The summed E-state index contributed by atoms with van der Waals surface area (Å²) in [5, 5.41) is 5.35. The number of hydrogen-bond acceptors (Lipinski definition) is 2. The Hall–Kier alpha value is -2.40. The van der Waals surface area contributed by atoms with E-state index in [4.69, 9.17) is 5.73 Å². The van der Waals surface area contributed by atoms with Crippen molar-refractivity contribution in [2.75, 3.05) is 10.6 Å². The number of benzene rings is 2. The molecule has 0 aliphatic heterocycles. The highest BCUT2D eigenvalue weighted by Crippen LogP contribution is 2.15. The van der Waals surface area contributed by atoms with Crippen molar-refractivity contribution in [2.24, 2.45) is 5.73 Å². The zero-order chi connectivity index (χ0) is 14.5. The molecule has 0 saturated carbocycles. The fourth-order valence-electron chi connectivity index (χ4n) is 1.83. The van der Waals surface area contributed by atoms with Crippen molar-refractivity contribution >= 4 is 17.4 Å². The summed E-state index contributed by atoms with van der Waals surface area (Å²) < 4.78 is 13.3. The number of nitrogens with one attached hydrogen (secondary N) is 2. The number of carbonyl (C=O) groups excluding carboxylic acids is 1. The molecule has 0 aromatic heterocycles. The second kappa shape index (κ2) is 6.16. The van der Waals surface area contributed by atoms with Crippen LogP contribution < -0.4 is 16.4 Å². The molecule has 2 amide bonds. The topological polar surface area (TPSA) is 67.2 Å². The maximum Gasteiger partial charge on any atom is 0.323 e. The van der Waals surface area contributed by atoms with E-state index in [9.17, 15) is 9.18 Å². The number of rotatable bonds is 3. The van der Waals surface area contributed by atoms with Crippen molar-refractivity contribution < 1.29 is 9.18 Å². The smallest absolute Gasteiger partial charge is 0.323 e. The van der Waals surface area contributed by atoms with Gasteiger partial charge in [0.25, 0.3) is 0 Å². The Morgan fingerprint density at radius 2 is 1.85 bits per heavy atom. The summed E-state index contributed by atoms with van der Waals surface area (Å²) in [5.74, 6) is -0.378. The molecule has 0 unspecified atom stereocenters. The fraction of sp³-hybridized carbons (Fsp3) is 0.133. The number of halogens is 1. The Morgan fingerprint density at radius 1 is 1.15 bits per heavy atom. The lowest BCUT2D eigenvalue weighted by atomic mass is 10.2. The monoisotopic (exact) mass is 273 g/mol. The van der Waals surface area contributed by atoms with Crippen LogP contribution in [0.5, 0.6) is 0 Å². The number of anilines is 2. The van der Waals surface area contributed by atoms with E-state index in [1.807, 2.05) is 25.1 Å². The quantitative estimate of drug-likeness (QED) is 0.803. The van der Waals surface area contributed by atoms with Gasteiger partial charge in [0.2, 0.25) is 0 Å². The standard InChI is InChI=1S/C15H16FN3O/c1-10-3-2-4-12(7-10)18-15(20)19-13-5-6-14(16)11(8-13)9-17/h2-8H,9,17H2,1H3,(H2,18,19,20). The minimum atomic E-state index is -0.384. The molecule has 0 aliphatic rings. The number of amides is 2. The van der Waals surface area contributed by atoms with Gasteiger partial charge in [0.05, 0.1) is 0 Å². The van der Waals surface area contributed by atoms with Crippen LogP contribution in [0.4, 0.5) is 20.6 Å². The molecule has 20 heavy (non-hydrogen) atoms. The van der Waals surface area contributed by atoms with Crippen molar-refractivity contribution in [2.45, 2.75) is 13.5 Å². The molecule has 0 radical (unpaired) electrons. The van der Waals surface area contributed by atoms with Crippen LogP contribution in [-0.4, -0.2) is 6.03 Å². The Kier molecular flexibility index (Phi) is 4.32. The molecule has 2 aromatic carbocycles. The van der Waals surface area contributed by atoms with Gasteiger partial charge in [-0.3, -0.25) is 0 Å². The van der Waals surface area contributed by atoms with Crippen LogP contribution in [0.1, 0.15) is 11.1 Å². The molecule has 2 aromatic rings. The number of hydrogen-bond donors (Lipinski definition) is 3. The fourth-order valence-corrected chi connectivity index (χ4v) is 1.83. The summed E-state index contributed by atoms with van der Waals surface area (Å²) >= 11 is 0. The first-order valence-corrected chi connectivity index (χ1v) is 6.21. The number of nitrogens with two attached hydrogens (primary N) is 1. The summed E-state index contributed by atoms with van der Waals surface area (Å²) in [5.41, 5.74) is 8.03. The Morgan fingerprint density at radius 3 is 2.50 bits per heavy atom.